The molecular weight excluding hydrogens is 338 g/mol. The van der Waals surface area contributed by atoms with E-state index >= 15 is 0 Å². The summed E-state index contributed by atoms with van der Waals surface area (Å²) in [5, 5.41) is 9.94. The normalized spacial score (nSPS) is 15.0. The largest absolute Gasteiger partial charge is 0.340 e. The molecule has 4 rings (SSSR count). The van der Waals surface area contributed by atoms with Crippen molar-refractivity contribution in [2.24, 2.45) is 7.05 Å². The van der Waals surface area contributed by atoms with Crippen LogP contribution in [0.15, 0.2) is 48.7 Å². The van der Waals surface area contributed by atoms with Gasteiger partial charge in [0.1, 0.15) is 11.8 Å². The average molecular weight is 359 g/mol. The van der Waals surface area contributed by atoms with Crippen LogP contribution in [-0.2, 0) is 13.6 Å². The van der Waals surface area contributed by atoms with Crippen LogP contribution in [0.2, 0.25) is 0 Å². The molecular formula is C21H21N5O. The van der Waals surface area contributed by atoms with E-state index in [4.69, 9.17) is 5.26 Å². The summed E-state index contributed by atoms with van der Waals surface area (Å²) in [6.45, 7) is 3.78. The smallest absolute Gasteiger partial charge is 0.270 e. The van der Waals surface area contributed by atoms with E-state index in [2.05, 4.69) is 16.0 Å². The van der Waals surface area contributed by atoms with Crippen molar-refractivity contribution in [3.05, 3.63) is 65.6 Å². The Morgan fingerprint density at radius 3 is 2.59 bits per heavy atom. The fourth-order valence-electron chi connectivity index (χ4n) is 3.58. The number of aryl methyl sites for hydroxylation is 1. The standard InChI is InChI=1S/C21H21N5O/c1-24-19-5-3-2-4-17(19)12-20(24)21(27)26-10-8-25(9-11-26)15-18-7-6-16(13-22)14-23-18/h2-7,12,14H,8-11,15H2,1H3. The molecule has 0 bridgehead atoms. The van der Waals surface area contributed by atoms with Crippen LogP contribution in [0.4, 0.5) is 0 Å². The van der Waals surface area contributed by atoms with Crippen molar-refractivity contribution >= 4 is 16.8 Å². The number of aromatic nitrogens is 2. The van der Waals surface area contributed by atoms with Crippen LogP contribution in [-0.4, -0.2) is 51.4 Å². The number of hydrogen-bond acceptors (Lipinski definition) is 4. The highest BCUT2D eigenvalue weighted by Crippen LogP contribution is 2.20. The van der Waals surface area contributed by atoms with E-state index < -0.39 is 0 Å². The van der Waals surface area contributed by atoms with E-state index in [0.29, 0.717) is 18.7 Å². The lowest BCUT2D eigenvalue weighted by molar-refractivity contribution is 0.0618. The van der Waals surface area contributed by atoms with Crippen LogP contribution in [0, 0.1) is 11.3 Å². The van der Waals surface area contributed by atoms with Gasteiger partial charge in [0.2, 0.25) is 0 Å². The third-order valence-electron chi connectivity index (χ3n) is 5.17. The lowest BCUT2D eigenvalue weighted by Crippen LogP contribution is -2.48. The number of amides is 1. The quantitative estimate of drug-likeness (QED) is 0.720. The Balaban J connectivity index is 1.40. The summed E-state index contributed by atoms with van der Waals surface area (Å²) in [6.07, 6.45) is 1.61. The van der Waals surface area contributed by atoms with Gasteiger partial charge in [0.15, 0.2) is 0 Å². The van der Waals surface area contributed by atoms with Crippen LogP contribution in [0.5, 0.6) is 0 Å². The zero-order valence-corrected chi connectivity index (χ0v) is 15.3. The van der Waals surface area contributed by atoms with Gasteiger partial charge in [-0.2, -0.15) is 5.26 Å². The van der Waals surface area contributed by atoms with Gasteiger partial charge in [-0.1, -0.05) is 18.2 Å². The number of carbonyl (C=O) groups excluding carboxylic acids is 1. The molecule has 2 aromatic heterocycles. The zero-order valence-electron chi connectivity index (χ0n) is 15.3. The number of pyridine rings is 1. The summed E-state index contributed by atoms with van der Waals surface area (Å²) in [4.78, 5) is 21.5. The molecule has 6 nitrogen and oxygen atoms in total. The minimum Gasteiger partial charge on any atom is -0.340 e. The predicted octanol–water partition coefficient (Wildman–Crippen LogP) is 2.40. The Labute approximate surface area is 158 Å². The van der Waals surface area contributed by atoms with Gasteiger partial charge in [-0.05, 0) is 24.3 Å². The molecule has 136 valence electrons. The molecule has 1 fully saturated rings. The molecule has 0 aliphatic carbocycles. The van der Waals surface area contributed by atoms with Crippen molar-refractivity contribution in [2.75, 3.05) is 26.2 Å². The average Bonchev–Trinajstić information content (AvgIpc) is 3.05. The molecule has 1 saturated heterocycles. The second-order valence-corrected chi connectivity index (χ2v) is 6.87. The summed E-state index contributed by atoms with van der Waals surface area (Å²) in [5.74, 6) is 0.0878. The number of hydrogen-bond donors (Lipinski definition) is 0. The molecule has 3 aromatic rings. The maximum atomic E-state index is 13.0. The van der Waals surface area contributed by atoms with E-state index in [9.17, 15) is 4.79 Å². The van der Waals surface area contributed by atoms with Gasteiger partial charge >= 0.3 is 0 Å². The maximum Gasteiger partial charge on any atom is 0.270 e. The Hall–Kier alpha value is -3.17. The molecule has 1 aliphatic rings. The zero-order chi connectivity index (χ0) is 18.8. The number of rotatable bonds is 3. The summed E-state index contributed by atoms with van der Waals surface area (Å²) in [5.41, 5.74) is 3.33. The van der Waals surface area contributed by atoms with Crippen LogP contribution < -0.4 is 0 Å². The molecule has 6 heteroatoms. The Bertz CT molecular complexity index is 1010. The SMILES string of the molecule is Cn1c(C(=O)N2CCN(Cc3ccc(C#N)cn3)CC2)cc2ccccc21. The van der Waals surface area contributed by atoms with Crippen molar-refractivity contribution in [2.45, 2.75) is 6.54 Å². The summed E-state index contributed by atoms with van der Waals surface area (Å²) in [6, 6.07) is 15.8. The van der Waals surface area contributed by atoms with Crippen LogP contribution >= 0.6 is 0 Å². The van der Waals surface area contributed by atoms with Crippen LogP contribution in [0.3, 0.4) is 0 Å². The molecule has 1 aliphatic heterocycles. The maximum absolute atomic E-state index is 13.0. The highest BCUT2D eigenvalue weighted by Gasteiger charge is 2.24. The molecule has 3 heterocycles. The molecule has 1 amide bonds. The second kappa shape index (κ2) is 7.22. The first-order valence-corrected chi connectivity index (χ1v) is 9.07. The Kier molecular flexibility index (Phi) is 4.61. The van der Waals surface area contributed by atoms with Gasteiger partial charge in [-0.15, -0.1) is 0 Å². The second-order valence-electron chi connectivity index (χ2n) is 6.87. The van der Waals surface area contributed by atoms with Gasteiger partial charge in [0.05, 0.1) is 11.3 Å². The van der Waals surface area contributed by atoms with Gasteiger partial charge in [-0.3, -0.25) is 14.7 Å². The fraction of sp³-hybridized carbons (Fsp3) is 0.286. The fourth-order valence-corrected chi connectivity index (χ4v) is 3.58. The monoisotopic (exact) mass is 359 g/mol. The highest BCUT2D eigenvalue weighted by atomic mass is 16.2. The first-order valence-electron chi connectivity index (χ1n) is 9.07. The van der Waals surface area contributed by atoms with Crippen LogP contribution in [0.1, 0.15) is 21.7 Å². The lowest BCUT2D eigenvalue weighted by Gasteiger charge is -2.34. The Morgan fingerprint density at radius 1 is 1.15 bits per heavy atom. The molecule has 0 atom stereocenters. The number of nitrogens with zero attached hydrogens (tertiary/aromatic N) is 5. The number of para-hydroxylation sites is 1. The van der Waals surface area contributed by atoms with Crippen molar-refractivity contribution < 1.29 is 4.79 Å². The first-order chi connectivity index (χ1) is 13.2. The van der Waals surface area contributed by atoms with Crippen molar-refractivity contribution in [1.82, 2.24) is 19.4 Å². The highest BCUT2D eigenvalue weighted by molar-refractivity contribution is 5.98. The lowest BCUT2D eigenvalue weighted by atomic mass is 10.2. The number of carbonyl (C=O) groups is 1. The first kappa shape index (κ1) is 17.3. The van der Waals surface area contributed by atoms with Gasteiger partial charge in [0, 0.05) is 56.9 Å². The molecule has 0 unspecified atom stereocenters. The summed E-state index contributed by atoms with van der Waals surface area (Å²) < 4.78 is 1.98. The topological polar surface area (TPSA) is 65.2 Å². The van der Waals surface area contributed by atoms with Crippen LogP contribution in [0.25, 0.3) is 10.9 Å². The number of fused-ring (bicyclic) bond motifs is 1. The molecule has 27 heavy (non-hydrogen) atoms. The summed E-state index contributed by atoms with van der Waals surface area (Å²) >= 11 is 0. The third-order valence-corrected chi connectivity index (χ3v) is 5.17. The van der Waals surface area contributed by atoms with E-state index in [-0.39, 0.29) is 5.91 Å². The van der Waals surface area contributed by atoms with Gasteiger partial charge in [0.25, 0.3) is 5.91 Å². The van der Waals surface area contributed by atoms with E-state index in [1.807, 2.05) is 52.9 Å². The number of nitriles is 1. The van der Waals surface area contributed by atoms with Crippen molar-refractivity contribution in [3.8, 4) is 6.07 Å². The summed E-state index contributed by atoms with van der Waals surface area (Å²) in [7, 11) is 1.95. The minimum atomic E-state index is 0.0878. The van der Waals surface area contributed by atoms with Crippen molar-refractivity contribution in [1.29, 1.82) is 5.26 Å². The molecule has 0 saturated carbocycles. The van der Waals surface area contributed by atoms with E-state index in [1.165, 1.54) is 0 Å². The van der Waals surface area contributed by atoms with Gasteiger partial charge in [-0.25, -0.2) is 0 Å². The Morgan fingerprint density at radius 2 is 1.93 bits per heavy atom. The molecule has 0 spiro atoms. The predicted molar refractivity (Wildman–Crippen MR) is 103 cm³/mol. The molecule has 1 aromatic carbocycles. The molecule has 0 N–H and O–H groups in total. The van der Waals surface area contributed by atoms with E-state index in [0.717, 1.165) is 41.9 Å². The third kappa shape index (κ3) is 3.42. The minimum absolute atomic E-state index is 0.0878. The van der Waals surface area contributed by atoms with Gasteiger partial charge < -0.3 is 9.47 Å². The van der Waals surface area contributed by atoms with E-state index in [1.54, 1.807) is 12.3 Å². The molecule has 0 radical (unpaired) electrons. The number of piperazine rings is 1. The number of benzene rings is 1. The van der Waals surface area contributed by atoms with Crippen molar-refractivity contribution in [3.63, 3.8) is 0 Å².